The number of nitriles is 1. The van der Waals surface area contributed by atoms with E-state index in [2.05, 4.69) is 0 Å². The van der Waals surface area contributed by atoms with Crippen LogP contribution in [0, 0.1) is 28.8 Å². The topological polar surface area (TPSA) is 23.8 Å². The van der Waals surface area contributed by atoms with E-state index >= 15 is 0 Å². The van der Waals surface area contributed by atoms with Crippen molar-refractivity contribution in [2.45, 2.75) is 0 Å². The van der Waals surface area contributed by atoms with E-state index in [0.29, 0.717) is 12.1 Å². The van der Waals surface area contributed by atoms with Gasteiger partial charge in [0.1, 0.15) is 23.5 Å². The van der Waals surface area contributed by atoms with Crippen molar-refractivity contribution < 1.29 is 13.2 Å². The number of rotatable bonds is 1. The van der Waals surface area contributed by atoms with Gasteiger partial charge in [0.25, 0.3) is 0 Å². The molecule has 0 unspecified atom stereocenters. The van der Waals surface area contributed by atoms with Gasteiger partial charge in [-0.1, -0.05) is 17.7 Å². The summed E-state index contributed by atoms with van der Waals surface area (Å²) in [5.41, 5.74) is -0.0277. The summed E-state index contributed by atoms with van der Waals surface area (Å²) >= 11 is 5.77. The number of benzene rings is 2. The zero-order valence-corrected chi connectivity index (χ0v) is 9.60. The summed E-state index contributed by atoms with van der Waals surface area (Å²) in [6, 6.07) is 6.97. The molecule has 2 rings (SSSR count). The molecule has 0 atom stereocenters. The number of hydrogen-bond acceptors (Lipinski definition) is 1. The van der Waals surface area contributed by atoms with Gasteiger partial charge < -0.3 is 0 Å². The summed E-state index contributed by atoms with van der Waals surface area (Å²) < 4.78 is 39.8. The minimum absolute atomic E-state index is 0.0816. The molecule has 1 nitrogen and oxygen atoms in total. The van der Waals surface area contributed by atoms with Gasteiger partial charge in [-0.15, -0.1) is 0 Å². The number of halogens is 4. The summed E-state index contributed by atoms with van der Waals surface area (Å²) in [5.74, 6) is -3.03. The van der Waals surface area contributed by atoms with Crippen LogP contribution in [-0.2, 0) is 0 Å². The highest BCUT2D eigenvalue weighted by Crippen LogP contribution is 2.30. The van der Waals surface area contributed by atoms with Gasteiger partial charge in [0, 0.05) is 12.1 Å². The molecule has 18 heavy (non-hydrogen) atoms. The number of hydrogen-bond donors (Lipinski definition) is 0. The molecule has 0 spiro atoms. The van der Waals surface area contributed by atoms with Crippen LogP contribution in [0.3, 0.4) is 0 Å². The fourth-order valence-electron chi connectivity index (χ4n) is 1.58. The zero-order chi connectivity index (χ0) is 13.3. The Kier molecular flexibility index (Phi) is 3.26. The second-order valence-electron chi connectivity index (χ2n) is 3.55. The molecule has 2 aromatic carbocycles. The molecule has 0 fully saturated rings. The molecule has 0 amide bonds. The lowest BCUT2D eigenvalue weighted by Crippen LogP contribution is -1.93. The van der Waals surface area contributed by atoms with Crippen LogP contribution in [0.1, 0.15) is 5.56 Å². The Bertz CT molecular complexity index is 639. The molecule has 2 aromatic rings. The average molecular weight is 268 g/mol. The summed E-state index contributed by atoms with van der Waals surface area (Å²) in [4.78, 5) is 0. The van der Waals surface area contributed by atoms with Crippen LogP contribution < -0.4 is 0 Å². The highest BCUT2D eigenvalue weighted by molar-refractivity contribution is 6.32. The van der Waals surface area contributed by atoms with Gasteiger partial charge in [-0.2, -0.15) is 5.26 Å². The normalized spacial score (nSPS) is 10.2. The first-order valence-electron chi connectivity index (χ1n) is 4.87. The Morgan fingerprint density at radius 3 is 2.11 bits per heavy atom. The van der Waals surface area contributed by atoms with Gasteiger partial charge in [-0.05, 0) is 17.7 Å². The maximum Gasteiger partial charge on any atom is 0.136 e. The van der Waals surface area contributed by atoms with Gasteiger partial charge in [0.2, 0.25) is 0 Å². The number of nitrogens with zero attached hydrogens (tertiary/aromatic N) is 1. The van der Waals surface area contributed by atoms with E-state index < -0.39 is 17.5 Å². The lowest BCUT2D eigenvalue weighted by Gasteiger charge is -2.06. The molecule has 0 heterocycles. The third-order valence-electron chi connectivity index (χ3n) is 2.39. The first-order valence-corrected chi connectivity index (χ1v) is 5.25. The van der Waals surface area contributed by atoms with Crippen molar-refractivity contribution in [1.29, 1.82) is 5.26 Å². The minimum atomic E-state index is -1.02. The van der Waals surface area contributed by atoms with Crippen molar-refractivity contribution in [3.63, 3.8) is 0 Å². The summed E-state index contributed by atoms with van der Waals surface area (Å²) in [5, 5.41) is 8.77. The van der Waals surface area contributed by atoms with Gasteiger partial charge in [0.05, 0.1) is 16.1 Å². The summed E-state index contributed by atoms with van der Waals surface area (Å²) in [6.45, 7) is 0. The second-order valence-corrected chi connectivity index (χ2v) is 3.96. The Morgan fingerprint density at radius 2 is 1.61 bits per heavy atom. The summed E-state index contributed by atoms with van der Waals surface area (Å²) in [7, 11) is 0. The molecular weight excluding hydrogens is 263 g/mol. The fourth-order valence-corrected chi connectivity index (χ4v) is 1.80. The van der Waals surface area contributed by atoms with E-state index in [1.54, 1.807) is 0 Å². The van der Waals surface area contributed by atoms with E-state index in [1.165, 1.54) is 18.2 Å². The monoisotopic (exact) mass is 267 g/mol. The van der Waals surface area contributed by atoms with Crippen molar-refractivity contribution in [1.82, 2.24) is 0 Å². The SMILES string of the molecule is N#Cc1ccc(-c2c(F)cc(F)cc2F)cc1Cl. The third-order valence-corrected chi connectivity index (χ3v) is 2.70. The minimum Gasteiger partial charge on any atom is -0.207 e. The average Bonchev–Trinajstić information content (AvgIpc) is 2.27. The van der Waals surface area contributed by atoms with Crippen LogP contribution >= 0.6 is 11.6 Å². The van der Waals surface area contributed by atoms with Crippen LogP contribution in [0.15, 0.2) is 30.3 Å². The quantitative estimate of drug-likeness (QED) is 0.756. The lowest BCUT2D eigenvalue weighted by atomic mass is 10.0. The van der Waals surface area contributed by atoms with E-state index in [9.17, 15) is 13.2 Å². The van der Waals surface area contributed by atoms with Gasteiger partial charge in [-0.25, -0.2) is 13.2 Å². The molecule has 0 aliphatic rings. The second kappa shape index (κ2) is 4.71. The lowest BCUT2D eigenvalue weighted by molar-refractivity contribution is 0.548. The highest BCUT2D eigenvalue weighted by atomic mass is 35.5. The Hall–Kier alpha value is -1.99. The molecule has 0 bridgehead atoms. The molecular formula is C13H5ClF3N. The fraction of sp³-hybridized carbons (Fsp3) is 0. The van der Waals surface area contributed by atoms with Crippen molar-refractivity contribution >= 4 is 11.6 Å². The first kappa shape index (κ1) is 12.5. The van der Waals surface area contributed by atoms with Crippen LogP contribution in [0.5, 0.6) is 0 Å². The largest absolute Gasteiger partial charge is 0.207 e. The van der Waals surface area contributed by atoms with Crippen LogP contribution in [-0.4, -0.2) is 0 Å². The Labute approximate surface area is 106 Å². The molecule has 90 valence electrons. The molecule has 0 aromatic heterocycles. The molecule has 5 heteroatoms. The van der Waals surface area contributed by atoms with E-state index in [1.807, 2.05) is 6.07 Å². The predicted molar refractivity (Wildman–Crippen MR) is 61.5 cm³/mol. The Morgan fingerprint density at radius 1 is 1.00 bits per heavy atom. The molecule has 0 saturated carbocycles. The van der Waals surface area contributed by atoms with Crippen LogP contribution in [0.2, 0.25) is 5.02 Å². The van der Waals surface area contributed by atoms with Gasteiger partial charge >= 0.3 is 0 Å². The maximum absolute atomic E-state index is 13.5. The first-order chi connectivity index (χ1) is 8.52. The van der Waals surface area contributed by atoms with Crippen molar-refractivity contribution in [3.05, 3.63) is 58.4 Å². The molecule has 0 saturated heterocycles. The Balaban J connectivity index is 2.63. The predicted octanol–water partition coefficient (Wildman–Crippen LogP) is 4.30. The smallest absolute Gasteiger partial charge is 0.136 e. The van der Waals surface area contributed by atoms with Crippen molar-refractivity contribution in [2.24, 2.45) is 0 Å². The van der Waals surface area contributed by atoms with Crippen molar-refractivity contribution in [2.75, 3.05) is 0 Å². The summed E-state index contributed by atoms with van der Waals surface area (Å²) in [6.07, 6.45) is 0. The van der Waals surface area contributed by atoms with Gasteiger partial charge in [0.15, 0.2) is 0 Å². The van der Waals surface area contributed by atoms with E-state index in [-0.39, 0.29) is 21.7 Å². The van der Waals surface area contributed by atoms with Crippen LogP contribution in [0.4, 0.5) is 13.2 Å². The molecule has 0 radical (unpaired) electrons. The molecule has 0 aliphatic carbocycles. The third kappa shape index (κ3) is 2.18. The molecule has 0 aliphatic heterocycles. The van der Waals surface area contributed by atoms with Gasteiger partial charge in [-0.3, -0.25) is 0 Å². The zero-order valence-electron chi connectivity index (χ0n) is 8.85. The van der Waals surface area contributed by atoms with E-state index in [0.717, 1.165) is 0 Å². The standard InChI is InChI=1S/C13H5ClF3N/c14-10-3-7(1-2-8(10)6-18)13-11(16)4-9(15)5-12(13)17/h1-5H. The highest BCUT2D eigenvalue weighted by Gasteiger charge is 2.14. The van der Waals surface area contributed by atoms with Crippen LogP contribution in [0.25, 0.3) is 11.1 Å². The maximum atomic E-state index is 13.5. The van der Waals surface area contributed by atoms with E-state index in [4.69, 9.17) is 16.9 Å². The molecule has 0 N–H and O–H groups in total. The van der Waals surface area contributed by atoms with Crippen molar-refractivity contribution in [3.8, 4) is 17.2 Å².